The summed E-state index contributed by atoms with van der Waals surface area (Å²) in [5.41, 5.74) is 1.18. The van der Waals surface area contributed by atoms with Crippen LogP contribution in [0.15, 0.2) is 12.3 Å². The van der Waals surface area contributed by atoms with Crippen LogP contribution in [0.3, 0.4) is 0 Å². The summed E-state index contributed by atoms with van der Waals surface area (Å²) in [5, 5.41) is 4.53. The first-order valence-corrected chi connectivity index (χ1v) is 7.27. The summed E-state index contributed by atoms with van der Waals surface area (Å²) in [6, 6.07) is 2.11. The van der Waals surface area contributed by atoms with Crippen LogP contribution >= 0.6 is 0 Å². The Bertz CT molecular complexity index is 358. The molecule has 0 amide bonds. The Morgan fingerprint density at radius 1 is 1.11 bits per heavy atom. The molecule has 2 rings (SSSR count). The van der Waals surface area contributed by atoms with Crippen LogP contribution < -0.4 is 0 Å². The van der Waals surface area contributed by atoms with Gasteiger partial charge >= 0.3 is 0 Å². The predicted molar refractivity (Wildman–Crippen MR) is 76.4 cm³/mol. The summed E-state index contributed by atoms with van der Waals surface area (Å²) < 4.78 is 7.19. The molecule has 1 saturated heterocycles. The summed E-state index contributed by atoms with van der Waals surface area (Å²) in [5.74, 6) is 0. The first-order valence-electron chi connectivity index (χ1n) is 7.27. The second-order valence-electron chi connectivity index (χ2n) is 5.10. The molecule has 0 unspecified atom stereocenters. The highest BCUT2D eigenvalue weighted by atomic mass is 16.5. The monoisotopic (exact) mass is 266 g/mol. The van der Waals surface area contributed by atoms with Crippen LogP contribution in [0.25, 0.3) is 0 Å². The Balaban J connectivity index is 1.65. The molecule has 0 N–H and O–H groups in total. The lowest BCUT2D eigenvalue weighted by atomic mass is 10.3. The van der Waals surface area contributed by atoms with E-state index in [1.54, 1.807) is 7.11 Å². The quantitative estimate of drug-likeness (QED) is 0.728. The molecule has 108 valence electrons. The number of hydrogen-bond acceptors (Lipinski definition) is 4. The van der Waals surface area contributed by atoms with Crippen LogP contribution in [0.2, 0.25) is 0 Å². The van der Waals surface area contributed by atoms with E-state index in [1.165, 1.54) is 5.69 Å². The number of ether oxygens (including phenoxy) is 1. The molecule has 19 heavy (non-hydrogen) atoms. The molecule has 1 aromatic heterocycles. The zero-order valence-electron chi connectivity index (χ0n) is 12.2. The van der Waals surface area contributed by atoms with Gasteiger partial charge in [0, 0.05) is 52.6 Å². The van der Waals surface area contributed by atoms with Crippen molar-refractivity contribution >= 4 is 0 Å². The minimum Gasteiger partial charge on any atom is -0.383 e. The van der Waals surface area contributed by atoms with Crippen molar-refractivity contribution in [3.63, 3.8) is 0 Å². The van der Waals surface area contributed by atoms with Gasteiger partial charge in [0.05, 0.1) is 18.8 Å². The summed E-state index contributed by atoms with van der Waals surface area (Å²) in [6.07, 6.45) is 3.11. The fraction of sp³-hybridized carbons (Fsp3) is 0.786. The molecule has 0 spiro atoms. The second-order valence-corrected chi connectivity index (χ2v) is 5.10. The van der Waals surface area contributed by atoms with E-state index in [-0.39, 0.29) is 0 Å². The van der Waals surface area contributed by atoms with Gasteiger partial charge in [-0.25, -0.2) is 0 Å². The first kappa shape index (κ1) is 14.5. The van der Waals surface area contributed by atoms with E-state index in [9.17, 15) is 0 Å². The van der Waals surface area contributed by atoms with Crippen LogP contribution in [-0.4, -0.2) is 72.6 Å². The molecule has 0 radical (unpaired) electrons. The fourth-order valence-corrected chi connectivity index (χ4v) is 2.42. The number of aryl methyl sites for hydroxylation is 1. The molecule has 0 saturated carbocycles. The Morgan fingerprint density at radius 2 is 1.79 bits per heavy atom. The highest BCUT2D eigenvalue weighted by Crippen LogP contribution is 2.02. The standard InChI is InChI=1S/C14H26N4O/c1-3-14-4-5-18(15-14)11-10-16-6-8-17(9-7-16)12-13-19-2/h4-5H,3,6-13H2,1-2H3. The molecule has 1 aromatic rings. The molecule has 0 aromatic carbocycles. The van der Waals surface area contributed by atoms with Crippen molar-refractivity contribution in [2.24, 2.45) is 0 Å². The van der Waals surface area contributed by atoms with Crippen LogP contribution in [0, 0.1) is 0 Å². The van der Waals surface area contributed by atoms with Crippen molar-refractivity contribution < 1.29 is 4.74 Å². The number of methoxy groups -OCH3 is 1. The van der Waals surface area contributed by atoms with E-state index in [4.69, 9.17) is 4.74 Å². The van der Waals surface area contributed by atoms with Gasteiger partial charge in [0.1, 0.15) is 0 Å². The van der Waals surface area contributed by atoms with Gasteiger partial charge in [-0.3, -0.25) is 14.5 Å². The highest BCUT2D eigenvalue weighted by molar-refractivity contribution is 4.97. The molecule has 2 heterocycles. The van der Waals surface area contributed by atoms with Crippen LogP contribution in [0.4, 0.5) is 0 Å². The van der Waals surface area contributed by atoms with Crippen molar-refractivity contribution in [3.05, 3.63) is 18.0 Å². The minimum absolute atomic E-state index is 0.840. The van der Waals surface area contributed by atoms with E-state index in [0.29, 0.717) is 0 Å². The normalized spacial score (nSPS) is 18.0. The Hall–Kier alpha value is -0.910. The number of aromatic nitrogens is 2. The topological polar surface area (TPSA) is 33.5 Å². The molecule has 1 fully saturated rings. The van der Waals surface area contributed by atoms with E-state index >= 15 is 0 Å². The maximum Gasteiger partial charge on any atom is 0.0621 e. The maximum atomic E-state index is 5.12. The third-order valence-electron chi connectivity index (χ3n) is 3.78. The molecular weight excluding hydrogens is 240 g/mol. The lowest BCUT2D eigenvalue weighted by Crippen LogP contribution is -2.47. The third-order valence-corrected chi connectivity index (χ3v) is 3.78. The van der Waals surface area contributed by atoms with Gasteiger partial charge < -0.3 is 4.74 Å². The molecule has 5 heteroatoms. The first-order chi connectivity index (χ1) is 9.31. The van der Waals surface area contributed by atoms with Gasteiger partial charge in [0.25, 0.3) is 0 Å². The van der Waals surface area contributed by atoms with E-state index in [1.807, 2.05) is 0 Å². The number of piperazine rings is 1. The average Bonchev–Trinajstić information content (AvgIpc) is 2.92. The Kier molecular flexibility index (Phi) is 5.82. The molecule has 1 aliphatic heterocycles. The second kappa shape index (κ2) is 7.62. The van der Waals surface area contributed by atoms with Gasteiger partial charge in [-0.15, -0.1) is 0 Å². The molecule has 0 bridgehead atoms. The number of rotatable bonds is 7. The molecular formula is C14H26N4O. The lowest BCUT2D eigenvalue weighted by molar-refractivity contribution is 0.0948. The smallest absolute Gasteiger partial charge is 0.0621 e. The molecule has 0 aliphatic carbocycles. The third kappa shape index (κ3) is 4.60. The van der Waals surface area contributed by atoms with E-state index < -0.39 is 0 Å². The van der Waals surface area contributed by atoms with Crippen LogP contribution in [0.1, 0.15) is 12.6 Å². The van der Waals surface area contributed by atoms with Crippen molar-refractivity contribution in [3.8, 4) is 0 Å². The highest BCUT2D eigenvalue weighted by Gasteiger charge is 2.16. The van der Waals surface area contributed by atoms with Gasteiger partial charge in [0.2, 0.25) is 0 Å². The number of nitrogens with zero attached hydrogens (tertiary/aromatic N) is 4. The van der Waals surface area contributed by atoms with Crippen LogP contribution in [-0.2, 0) is 17.7 Å². The Labute approximate surface area is 116 Å². The minimum atomic E-state index is 0.840. The van der Waals surface area contributed by atoms with Gasteiger partial charge in [-0.1, -0.05) is 6.92 Å². The van der Waals surface area contributed by atoms with E-state index in [2.05, 4.69) is 38.8 Å². The zero-order valence-corrected chi connectivity index (χ0v) is 12.2. The largest absolute Gasteiger partial charge is 0.383 e. The van der Waals surface area contributed by atoms with Gasteiger partial charge in [-0.2, -0.15) is 5.10 Å². The molecule has 0 atom stereocenters. The molecule has 5 nitrogen and oxygen atoms in total. The zero-order chi connectivity index (χ0) is 13.5. The maximum absolute atomic E-state index is 5.12. The predicted octanol–water partition coefficient (Wildman–Crippen LogP) is 0.710. The van der Waals surface area contributed by atoms with Gasteiger partial charge in [-0.05, 0) is 12.5 Å². The van der Waals surface area contributed by atoms with Crippen LogP contribution in [0.5, 0.6) is 0 Å². The summed E-state index contributed by atoms with van der Waals surface area (Å²) >= 11 is 0. The average molecular weight is 266 g/mol. The van der Waals surface area contributed by atoms with Crippen molar-refractivity contribution in [1.82, 2.24) is 19.6 Å². The van der Waals surface area contributed by atoms with Crippen molar-refractivity contribution in [1.29, 1.82) is 0 Å². The lowest BCUT2D eigenvalue weighted by Gasteiger charge is -2.34. The summed E-state index contributed by atoms with van der Waals surface area (Å²) in [7, 11) is 1.77. The number of hydrogen-bond donors (Lipinski definition) is 0. The SMILES string of the molecule is CCc1ccn(CCN2CCN(CCOC)CC2)n1. The summed E-state index contributed by atoms with van der Waals surface area (Å²) in [4.78, 5) is 5.00. The molecule has 1 aliphatic rings. The summed E-state index contributed by atoms with van der Waals surface area (Å²) in [6.45, 7) is 10.8. The van der Waals surface area contributed by atoms with Crippen molar-refractivity contribution in [2.45, 2.75) is 19.9 Å². The van der Waals surface area contributed by atoms with Crippen molar-refractivity contribution in [2.75, 3.05) is 53.0 Å². The van der Waals surface area contributed by atoms with Gasteiger partial charge in [0.15, 0.2) is 0 Å². The Morgan fingerprint density at radius 3 is 2.37 bits per heavy atom. The van der Waals surface area contributed by atoms with E-state index in [0.717, 1.165) is 58.8 Å². The fourth-order valence-electron chi connectivity index (χ4n) is 2.42.